The molecule has 0 bridgehead atoms. The van der Waals surface area contributed by atoms with Gasteiger partial charge in [0.05, 0.1) is 11.7 Å². The fourth-order valence-corrected chi connectivity index (χ4v) is 4.44. The van der Waals surface area contributed by atoms with E-state index in [-0.39, 0.29) is 18.0 Å². The summed E-state index contributed by atoms with van der Waals surface area (Å²) in [5.74, 6) is -0.0901. The van der Waals surface area contributed by atoms with Gasteiger partial charge in [-0.05, 0) is 54.7 Å². The number of hydrogen-bond donors (Lipinski definition) is 2. The second-order valence-corrected chi connectivity index (χ2v) is 9.05. The van der Waals surface area contributed by atoms with Crippen LogP contribution >= 0.6 is 11.6 Å². The van der Waals surface area contributed by atoms with E-state index in [1.807, 2.05) is 24.3 Å². The standard InChI is InChI=1S/C26H26ClN5O2/c1-32(16-19-10-18(12-28)13-29-14-19)26(34)20-4-2-17(3-5-20)11-22-7-8-23(31-22)25(33)21-6-9-24(27)30-15-21/h2-6,9-10,13-15,22-23,25,31,33H,7-8,11,16H2,1H3/t22-,23+,25?/m0/s1. The van der Waals surface area contributed by atoms with Crippen molar-refractivity contribution in [3.63, 3.8) is 0 Å². The molecule has 174 valence electrons. The Morgan fingerprint density at radius 2 is 2.00 bits per heavy atom. The summed E-state index contributed by atoms with van der Waals surface area (Å²) >= 11 is 5.84. The van der Waals surface area contributed by atoms with Gasteiger partial charge in [0, 0.05) is 55.4 Å². The number of nitriles is 1. The van der Waals surface area contributed by atoms with E-state index in [9.17, 15) is 9.90 Å². The minimum absolute atomic E-state index is 0.0310. The molecule has 1 unspecified atom stereocenters. The van der Waals surface area contributed by atoms with Gasteiger partial charge in [0.2, 0.25) is 0 Å². The Morgan fingerprint density at radius 3 is 2.71 bits per heavy atom. The zero-order valence-electron chi connectivity index (χ0n) is 18.9. The number of carbonyl (C=O) groups is 1. The van der Waals surface area contributed by atoms with E-state index in [0.717, 1.165) is 36.0 Å². The van der Waals surface area contributed by atoms with E-state index in [1.165, 1.54) is 6.20 Å². The van der Waals surface area contributed by atoms with E-state index >= 15 is 0 Å². The first kappa shape index (κ1) is 23.8. The molecular formula is C26H26ClN5O2. The van der Waals surface area contributed by atoms with Crippen molar-refractivity contribution in [3.8, 4) is 6.07 Å². The highest BCUT2D eigenvalue weighted by Crippen LogP contribution is 2.27. The molecule has 3 aromatic rings. The third-order valence-corrected chi connectivity index (χ3v) is 6.35. The Balaban J connectivity index is 1.31. The van der Waals surface area contributed by atoms with Crippen LogP contribution in [0.3, 0.4) is 0 Å². The second kappa shape index (κ2) is 10.7. The number of aromatic nitrogens is 2. The van der Waals surface area contributed by atoms with Gasteiger partial charge in [0.1, 0.15) is 11.2 Å². The van der Waals surface area contributed by atoms with Gasteiger partial charge in [-0.25, -0.2) is 4.98 Å². The van der Waals surface area contributed by atoms with Crippen LogP contribution in [0, 0.1) is 11.3 Å². The molecule has 0 radical (unpaired) electrons. The zero-order valence-corrected chi connectivity index (χ0v) is 19.6. The van der Waals surface area contributed by atoms with Crippen LogP contribution in [0.1, 0.15) is 51.6 Å². The normalized spacial score (nSPS) is 18.3. The van der Waals surface area contributed by atoms with Crippen LogP contribution in [0.4, 0.5) is 0 Å². The molecule has 4 rings (SSSR count). The summed E-state index contributed by atoms with van der Waals surface area (Å²) in [6.07, 6.45) is 6.80. The lowest BCUT2D eigenvalue weighted by atomic mass is 10.0. The van der Waals surface area contributed by atoms with Crippen LogP contribution in [-0.2, 0) is 13.0 Å². The largest absolute Gasteiger partial charge is 0.387 e. The summed E-state index contributed by atoms with van der Waals surface area (Å²) in [5.41, 5.74) is 3.78. The van der Waals surface area contributed by atoms with Crippen molar-refractivity contribution in [3.05, 3.63) is 94.0 Å². The van der Waals surface area contributed by atoms with Gasteiger partial charge in [-0.3, -0.25) is 9.78 Å². The van der Waals surface area contributed by atoms with Gasteiger partial charge in [0.25, 0.3) is 5.91 Å². The molecule has 1 amide bonds. The third-order valence-electron chi connectivity index (χ3n) is 6.12. The van der Waals surface area contributed by atoms with Crippen LogP contribution in [0.25, 0.3) is 0 Å². The number of pyridine rings is 2. The average molecular weight is 476 g/mol. The molecule has 8 heteroatoms. The summed E-state index contributed by atoms with van der Waals surface area (Å²) in [6.45, 7) is 0.377. The highest BCUT2D eigenvalue weighted by molar-refractivity contribution is 6.29. The molecule has 1 aromatic carbocycles. The minimum Gasteiger partial charge on any atom is -0.387 e. The highest BCUT2D eigenvalue weighted by Gasteiger charge is 2.30. The summed E-state index contributed by atoms with van der Waals surface area (Å²) in [4.78, 5) is 22.5. The molecule has 1 fully saturated rings. The summed E-state index contributed by atoms with van der Waals surface area (Å²) in [7, 11) is 1.74. The van der Waals surface area contributed by atoms with E-state index in [2.05, 4.69) is 21.4 Å². The highest BCUT2D eigenvalue weighted by atomic mass is 35.5. The molecule has 1 aliphatic rings. The maximum absolute atomic E-state index is 12.8. The van der Waals surface area contributed by atoms with Gasteiger partial charge in [-0.15, -0.1) is 0 Å². The number of aliphatic hydroxyl groups is 1. The molecular weight excluding hydrogens is 450 g/mol. The number of amides is 1. The van der Waals surface area contributed by atoms with Gasteiger partial charge >= 0.3 is 0 Å². The predicted octanol–water partition coefficient (Wildman–Crippen LogP) is 3.67. The Hall–Kier alpha value is -3.31. The van der Waals surface area contributed by atoms with Crippen molar-refractivity contribution in [1.82, 2.24) is 20.2 Å². The van der Waals surface area contributed by atoms with Gasteiger partial charge in [-0.1, -0.05) is 29.8 Å². The fourth-order valence-electron chi connectivity index (χ4n) is 4.32. The van der Waals surface area contributed by atoms with Crippen molar-refractivity contribution >= 4 is 17.5 Å². The first-order valence-electron chi connectivity index (χ1n) is 11.2. The number of halogens is 1. The molecule has 0 spiro atoms. The van der Waals surface area contributed by atoms with Crippen molar-refractivity contribution in [2.24, 2.45) is 0 Å². The molecule has 0 aliphatic carbocycles. The van der Waals surface area contributed by atoms with E-state index in [4.69, 9.17) is 16.9 Å². The Bertz CT molecular complexity index is 1180. The van der Waals surface area contributed by atoms with Crippen molar-refractivity contribution in [2.75, 3.05) is 7.05 Å². The maximum Gasteiger partial charge on any atom is 0.253 e. The number of nitrogens with zero attached hydrogens (tertiary/aromatic N) is 4. The lowest BCUT2D eigenvalue weighted by Crippen LogP contribution is -2.35. The molecule has 34 heavy (non-hydrogen) atoms. The zero-order chi connectivity index (χ0) is 24.1. The topological polar surface area (TPSA) is 102 Å². The van der Waals surface area contributed by atoms with Gasteiger partial charge < -0.3 is 15.3 Å². The number of aliphatic hydroxyl groups excluding tert-OH is 1. The number of carbonyl (C=O) groups excluding carboxylic acids is 1. The van der Waals surface area contributed by atoms with Crippen LogP contribution in [0.15, 0.2) is 61.1 Å². The molecule has 3 heterocycles. The van der Waals surface area contributed by atoms with Gasteiger partial charge in [-0.2, -0.15) is 5.26 Å². The minimum atomic E-state index is -0.630. The Labute approximate surface area is 204 Å². The summed E-state index contributed by atoms with van der Waals surface area (Å²) < 4.78 is 0. The first-order chi connectivity index (χ1) is 16.4. The SMILES string of the molecule is CN(Cc1cncc(C#N)c1)C(=O)c1ccc(C[C@@H]2CC[C@H](C(O)c3ccc(Cl)nc3)N2)cc1. The summed E-state index contributed by atoms with van der Waals surface area (Å²) in [5, 5.41) is 23.6. The summed E-state index contributed by atoms with van der Waals surface area (Å²) in [6, 6.07) is 15.2. The molecule has 1 aliphatic heterocycles. The Kier molecular flexibility index (Phi) is 7.53. The van der Waals surface area contributed by atoms with Crippen molar-refractivity contribution in [2.45, 2.75) is 44.0 Å². The number of rotatable bonds is 7. The number of hydrogen-bond acceptors (Lipinski definition) is 6. The predicted molar refractivity (Wildman–Crippen MR) is 129 cm³/mol. The molecule has 3 atom stereocenters. The van der Waals surface area contributed by atoms with Crippen molar-refractivity contribution < 1.29 is 9.90 Å². The number of nitrogens with one attached hydrogen (secondary N) is 1. The van der Waals surface area contributed by atoms with Crippen LogP contribution in [0.5, 0.6) is 0 Å². The monoisotopic (exact) mass is 475 g/mol. The smallest absolute Gasteiger partial charge is 0.253 e. The van der Waals surface area contributed by atoms with E-state index in [1.54, 1.807) is 42.5 Å². The second-order valence-electron chi connectivity index (χ2n) is 8.66. The van der Waals surface area contributed by atoms with E-state index < -0.39 is 6.10 Å². The molecule has 2 aromatic heterocycles. The number of benzene rings is 1. The third kappa shape index (κ3) is 5.78. The molecule has 1 saturated heterocycles. The molecule has 7 nitrogen and oxygen atoms in total. The van der Waals surface area contributed by atoms with Crippen molar-refractivity contribution in [1.29, 1.82) is 5.26 Å². The average Bonchev–Trinajstić information content (AvgIpc) is 3.32. The Morgan fingerprint density at radius 1 is 1.21 bits per heavy atom. The van der Waals surface area contributed by atoms with Gasteiger partial charge in [0.15, 0.2) is 0 Å². The van der Waals surface area contributed by atoms with E-state index in [0.29, 0.717) is 22.8 Å². The van der Waals surface area contributed by atoms with Crippen LogP contribution in [-0.4, -0.2) is 45.0 Å². The van der Waals surface area contributed by atoms with Crippen LogP contribution in [0.2, 0.25) is 5.15 Å². The maximum atomic E-state index is 12.8. The first-order valence-corrected chi connectivity index (χ1v) is 11.5. The van der Waals surface area contributed by atoms with Crippen LogP contribution < -0.4 is 5.32 Å². The molecule has 2 N–H and O–H groups in total. The molecule has 0 saturated carbocycles. The lowest BCUT2D eigenvalue weighted by Gasteiger charge is -2.20. The quantitative estimate of drug-likeness (QED) is 0.505. The lowest BCUT2D eigenvalue weighted by molar-refractivity contribution is 0.0785. The fraction of sp³-hybridized carbons (Fsp3) is 0.308.